The van der Waals surface area contributed by atoms with Crippen LogP contribution in [0.5, 0.6) is 17.2 Å². The van der Waals surface area contributed by atoms with Gasteiger partial charge in [0.15, 0.2) is 17.3 Å². The average molecular weight is 372 g/mol. The van der Waals surface area contributed by atoms with Gasteiger partial charge in [0.1, 0.15) is 0 Å². The fourth-order valence-corrected chi connectivity index (χ4v) is 2.68. The van der Waals surface area contributed by atoms with Gasteiger partial charge in [-0.3, -0.25) is 15.0 Å². The van der Waals surface area contributed by atoms with Crippen molar-refractivity contribution >= 4 is 11.7 Å². The van der Waals surface area contributed by atoms with Crippen molar-refractivity contribution in [2.75, 3.05) is 35.4 Å². The lowest BCUT2D eigenvalue weighted by Crippen LogP contribution is -2.36. The number of hydrogen-bond acceptors (Lipinski definition) is 6. The zero-order chi connectivity index (χ0) is 20.0. The van der Waals surface area contributed by atoms with Crippen molar-refractivity contribution in [3.8, 4) is 17.2 Å². The van der Waals surface area contributed by atoms with Crippen LogP contribution < -0.4 is 19.6 Å². The zero-order valence-corrected chi connectivity index (χ0v) is 16.2. The van der Waals surface area contributed by atoms with Crippen molar-refractivity contribution in [2.24, 2.45) is 0 Å². The van der Waals surface area contributed by atoms with Crippen LogP contribution in [0.4, 0.5) is 0 Å². The van der Waals surface area contributed by atoms with E-state index in [1.807, 2.05) is 0 Å². The molecule has 0 aliphatic rings. The number of hydrazine groups is 1. The summed E-state index contributed by atoms with van der Waals surface area (Å²) < 4.78 is 15.9. The largest absolute Gasteiger partial charge is 0.493 e. The molecule has 2 aromatic rings. The van der Waals surface area contributed by atoms with E-state index in [0.717, 1.165) is 0 Å². The molecule has 0 saturated heterocycles. The molecule has 1 amide bonds. The van der Waals surface area contributed by atoms with E-state index in [0.29, 0.717) is 33.9 Å². The Bertz CT molecular complexity index is 808. The molecule has 2 rings (SSSR count). The highest BCUT2D eigenvalue weighted by molar-refractivity contribution is 6.02. The first-order chi connectivity index (χ1) is 12.9. The van der Waals surface area contributed by atoms with Crippen LogP contribution in [0, 0.1) is 0 Å². The second-order valence-corrected chi connectivity index (χ2v) is 6.01. The van der Waals surface area contributed by atoms with Crippen LogP contribution in [0.15, 0.2) is 36.4 Å². The molecule has 0 spiro atoms. The molecule has 0 unspecified atom stereocenters. The number of hydrogen-bond donors (Lipinski definition) is 1. The number of carbonyl (C=O) groups excluding carboxylic acids is 2. The number of ether oxygens (including phenoxy) is 3. The summed E-state index contributed by atoms with van der Waals surface area (Å²) in [6.45, 7) is 0. The standard InChI is InChI=1S/C20H24N2O5/c1-22(2)21-20(24)15-9-7-6-8-13(15)10-16(23)14-11-17(25-3)19(27-5)18(12-14)26-4/h6-9,11-12H,10H2,1-5H3,(H,21,24). The third kappa shape index (κ3) is 4.77. The van der Waals surface area contributed by atoms with E-state index >= 15 is 0 Å². The van der Waals surface area contributed by atoms with Gasteiger partial charge in [-0.05, 0) is 23.8 Å². The molecule has 7 nitrogen and oxygen atoms in total. The highest BCUT2D eigenvalue weighted by atomic mass is 16.5. The summed E-state index contributed by atoms with van der Waals surface area (Å²) in [6, 6.07) is 10.2. The predicted molar refractivity (Wildman–Crippen MR) is 102 cm³/mol. The van der Waals surface area contributed by atoms with Crippen molar-refractivity contribution in [3.63, 3.8) is 0 Å². The van der Waals surface area contributed by atoms with Crippen LogP contribution >= 0.6 is 0 Å². The first-order valence-corrected chi connectivity index (χ1v) is 8.30. The number of ketones is 1. The minimum absolute atomic E-state index is 0.0651. The Balaban J connectivity index is 2.35. The van der Waals surface area contributed by atoms with Gasteiger partial charge in [-0.25, -0.2) is 5.01 Å². The maximum Gasteiger partial charge on any atom is 0.265 e. The second-order valence-electron chi connectivity index (χ2n) is 6.01. The number of rotatable bonds is 8. The smallest absolute Gasteiger partial charge is 0.265 e. The van der Waals surface area contributed by atoms with Crippen LogP contribution in [0.25, 0.3) is 0 Å². The number of benzene rings is 2. The molecule has 27 heavy (non-hydrogen) atoms. The first-order valence-electron chi connectivity index (χ1n) is 8.30. The monoisotopic (exact) mass is 372 g/mol. The first kappa shape index (κ1) is 20.3. The summed E-state index contributed by atoms with van der Waals surface area (Å²) in [6.07, 6.45) is 0.0651. The fourth-order valence-electron chi connectivity index (χ4n) is 2.68. The lowest BCUT2D eigenvalue weighted by molar-refractivity contribution is 0.0856. The number of carbonyl (C=O) groups is 2. The van der Waals surface area contributed by atoms with E-state index in [2.05, 4.69) is 5.43 Å². The molecule has 0 aliphatic carbocycles. The third-order valence-electron chi connectivity index (χ3n) is 3.92. The molecule has 0 fully saturated rings. The van der Waals surface area contributed by atoms with Crippen molar-refractivity contribution < 1.29 is 23.8 Å². The van der Waals surface area contributed by atoms with Gasteiger partial charge in [0.2, 0.25) is 5.75 Å². The van der Waals surface area contributed by atoms with Crippen molar-refractivity contribution in [2.45, 2.75) is 6.42 Å². The maximum atomic E-state index is 12.9. The molecule has 1 N–H and O–H groups in total. The Morgan fingerprint density at radius 1 is 0.963 bits per heavy atom. The summed E-state index contributed by atoms with van der Waals surface area (Å²) in [5.41, 5.74) is 4.19. The van der Waals surface area contributed by atoms with Gasteiger partial charge in [-0.1, -0.05) is 18.2 Å². The topological polar surface area (TPSA) is 77.1 Å². The van der Waals surface area contributed by atoms with E-state index < -0.39 is 0 Å². The molecule has 0 bridgehead atoms. The highest BCUT2D eigenvalue weighted by Crippen LogP contribution is 2.38. The van der Waals surface area contributed by atoms with E-state index in [4.69, 9.17) is 14.2 Å². The number of amides is 1. The Kier molecular flexibility index (Phi) is 6.79. The summed E-state index contributed by atoms with van der Waals surface area (Å²) >= 11 is 0. The molecule has 0 radical (unpaired) electrons. The minimum atomic E-state index is -0.270. The van der Waals surface area contributed by atoms with Gasteiger partial charge < -0.3 is 14.2 Å². The number of Topliss-reactive ketones (excluding diaryl/α,β-unsaturated/α-hetero) is 1. The van der Waals surface area contributed by atoms with Gasteiger partial charge in [0.25, 0.3) is 5.91 Å². The number of nitrogens with zero attached hydrogens (tertiary/aromatic N) is 1. The SMILES string of the molecule is COc1cc(C(=O)Cc2ccccc2C(=O)NN(C)C)cc(OC)c1OC. The summed E-state index contributed by atoms with van der Waals surface area (Å²) in [5, 5.41) is 1.56. The van der Waals surface area contributed by atoms with Gasteiger partial charge in [0.05, 0.1) is 21.3 Å². The normalized spacial score (nSPS) is 10.4. The number of methoxy groups -OCH3 is 3. The Morgan fingerprint density at radius 2 is 1.56 bits per heavy atom. The molecular formula is C20H24N2O5. The van der Waals surface area contributed by atoms with Crippen molar-refractivity contribution in [1.82, 2.24) is 10.4 Å². The van der Waals surface area contributed by atoms with E-state index in [9.17, 15) is 9.59 Å². The molecule has 0 aromatic heterocycles. The van der Waals surface area contributed by atoms with Crippen LogP contribution in [-0.4, -0.2) is 52.1 Å². The Morgan fingerprint density at radius 3 is 2.07 bits per heavy atom. The molecule has 0 aliphatic heterocycles. The lowest BCUT2D eigenvalue weighted by atomic mass is 9.98. The molecule has 0 atom stereocenters. The Hall–Kier alpha value is -3.06. The second kappa shape index (κ2) is 9.05. The van der Waals surface area contributed by atoms with Gasteiger partial charge in [0, 0.05) is 31.6 Å². The molecule has 0 heterocycles. The minimum Gasteiger partial charge on any atom is -0.493 e. The van der Waals surface area contributed by atoms with E-state index in [-0.39, 0.29) is 18.1 Å². The molecule has 0 saturated carbocycles. The highest BCUT2D eigenvalue weighted by Gasteiger charge is 2.19. The third-order valence-corrected chi connectivity index (χ3v) is 3.92. The van der Waals surface area contributed by atoms with Crippen molar-refractivity contribution in [3.05, 3.63) is 53.1 Å². The molecule has 7 heteroatoms. The lowest BCUT2D eigenvalue weighted by Gasteiger charge is -2.15. The van der Waals surface area contributed by atoms with E-state index in [1.54, 1.807) is 55.5 Å². The quantitative estimate of drug-likeness (QED) is 0.566. The molecular weight excluding hydrogens is 348 g/mol. The molecule has 2 aromatic carbocycles. The van der Waals surface area contributed by atoms with Crippen LogP contribution in [0.1, 0.15) is 26.3 Å². The van der Waals surface area contributed by atoms with Gasteiger partial charge in [-0.2, -0.15) is 0 Å². The predicted octanol–water partition coefficient (Wildman–Crippen LogP) is 2.34. The van der Waals surface area contributed by atoms with Crippen LogP contribution in [-0.2, 0) is 6.42 Å². The number of nitrogens with one attached hydrogen (secondary N) is 1. The summed E-state index contributed by atoms with van der Waals surface area (Å²) in [7, 11) is 7.93. The Labute approximate surface area is 158 Å². The zero-order valence-electron chi connectivity index (χ0n) is 16.2. The summed E-state index contributed by atoms with van der Waals surface area (Å²) in [4.78, 5) is 25.2. The summed E-state index contributed by atoms with van der Waals surface area (Å²) in [5.74, 6) is 0.785. The molecule has 144 valence electrons. The maximum absolute atomic E-state index is 12.9. The van der Waals surface area contributed by atoms with Gasteiger partial charge >= 0.3 is 0 Å². The van der Waals surface area contributed by atoms with Crippen LogP contribution in [0.3, 0.4) is 0 Å². The van der Waals surface area contributed by atoms with Crippen LogP contribution in [0.2, 0.25) is 0 Å². The van der Waals surface area contributed by atoms with Crippen molar-refractivity contribution in [1.29, 1.82) is 0 Å². The van der Waals surface area contributed by atoms with Gasteiger partial charge in [-0.15, -0.1) is 0 Å². The fraction of sp³-hybridized carbons (Fsp3) is 0.300. The average Bonchev–Trinajstić information content (AvgIpc) is 2.66. The van der Waals surface area contributed by atoms with E-state index in [1.165, 1.54) is 21.3 Å².